The maximum atomic E-state index is 10.4. The topological polar surface area (TPSA) is 70.0 Å². The largest absolute Gasteiger partial charge is 0.481 e. The number of carboxylic acid groups (broad SMARTS) is 1. The van der Waals surface area contributed by atoms with Crippen LogP contribution >= 0.6 is 0 Å². The van der Waals surface area contributed by atoms with Crippen LogP contribution in [0.25, 0.3) is 0 Å². The third-order valence-electron chi connectivity index (χ3n) is 2.60. The molecule has 2 aliphatic rings. The van der Waals surface area contributed by atoms with Gasteiger partial charge in [-0.1, -0.05) is 0 Å². The van der Waals surface area contributed by atoms with Crippen LogP contribution in [0.15, 0.2) is 5.29 Å². The first-order chi connectivity index (χ1) is 5.18. The Kier molecular flexibility index (Phi) is 1.03. The van der Waals surface area contributed by atoms with Gasteiger partial charge < -0.3 is 5.11 Å². The minimum absolute atomic E-state index is 0.0836. The van der Waals surface area contributed by atoms with Gasteiger partial charge in [-0.3, -0.25) is 9.80 Å². The van der Waals surface area contributed by atoms with E-state index in [0.29, 0.717) is 19.5 Å². The van der Waals surface area contributed by atoms with E-state index in [1.807, 2.05) is 0 Å². The van der Waals surface area contributed by atoms with Crippen molar-refractivity contribution in [2.75, 3.05) is 13.1 Å². The Balaban J connectivity index is 1.92. The molecule has 2 fully saturated rings. The lowest BCUT2D eigenvalue weighted by molar-refractivity contribution is -0.140. The van der Waals surface area contributed by atoms with Crippen LogP contribution in [0, 0.1) is 16.2 Å². The molecular formula is C6H8N2O3. The third-order valence-corrected chi connectivity index (χ3v) is 2.60. The van der Waals surface area contributed by atoms with E-state index in [2.05, 4.69) is 5.29 Å². The van der Waals surface area contributed by atoms with Gasteiger partial charge in [0.05, 0.1) is 11.2 Å². The van der Waals surface area contributed by atoms with Crippen LogP contribution in [-0.4, -0.2) is 29.2 Å². The molecule has 0 aromatic carbocycles. The highest BCUT2D eigenvalue weighted by molar-refractivity contribution is 5.75. The normalized spacial score (nSPS) is 31.3. The lowest BCUT2D eigenvalue weighted by Crippen LogP contribution is -2.46. The van der Waals surface area contributed by atoms with Gasteiger partial charge in [0, 0.05) is 18.5 Å². The van der Waals surface area contributed by atoms with E-state index >= 15 is 0 Å². The fourth-order valence-corrected chi connectivity index (χ4v) is 1.78. The van der Waals surface area contributed by atoms with Crippen LogP contribution in [0.1, 0.15) is 6.42 Å². The van der Waals surface area contributed by atoms with Gasteiger partial charge in [-0.2, -0.15) is 0 Å². The molecule has 0 amide bonds. The first kappa shape index (κ1) is 6.57. The molecule has 1 unspecified atom stereocenters. The van der Waals surface area contributed by atoms with Crippen molar-refractivity contribution in [1.29, 1.82) is 0 Å². The molecule has 1 saturated heterocycles. The summed E-state index contributed by atoms with van der Waals surface area (Å²) in [5.74, 6) is -0.962. The molecule has 11 heavy (non-hydrogen) atoms. The number of nitrogens with zero attached hydrogens (tertiary/aromatic N) is 2. The molecule has 0 aromatic heterocycles. The summed E-state index contributed by atoms with van der Waals surface area (Å²) in [7, 11) is 0. The molecule has 1 aliphatic carbocycles. The zero-order chi connectivity index (χ0) is 8.06. The second-order valence-corrected chi connectivity index (χ2v) is 3.36. The van der Waals surface area contributed by atoms with Gasteiger partial charge in [0.15, 0.2) is 0 Å². The summed E-state index contributed by atoms with van der Waals surface area (Å²) in [6.07, 6.45) is 0.717. The second kappa shape index (κ2) is 1.72. The predicted octanol–water partition coefficient (Wildman–Crippen LogP) is 0.0743. The smallest absolute Gasteiger partial charge is 0.307 e. The zero-order valence-electron chi connectivity index (χ0n) is 5.86. The monoisotopic (exact) mass is 156 g/mol. The zero-order valence-corrected chi connectivity index (χ0v) is 5.86. The van der Waals surface area contributed by atoms with Crippen LogP contribution in [0.4, 0.5) is 0 Å². The molecule has 5 nitrogen and oxygen atoms in total. The highest BCUT2D eigenvalue weighted by Crippen LogP contribution is 2.58. The number of nitroso groups, excluding NO2 is 1. The molecule has 1 N–H and O–H groups in total. The van der Waals surface area contributed by atoms with Gasteiger partial charge in [0.25, 0.3) is 0 Å². The molecule has 0 radical (unpaired) electrons. The van der Waals surface area contributed by atoms with Gasteiger partial charge in [0.2, 0.25) is 0 Å². The molecule has 5 heteroatoms. The van der Waals surface area contributed by atoms with Crippen molar-refractivity contribution in [2.45, 2.75) is 6.42 Å². The van der Waals surface area contributed by atoms with Crippen LogP contribution in [0.2, 0.25) is 0 Å². The van der Waals surface area contributed by atoms with Gasteiger partial charge in [-0.05, 0) is 6.42 Å². The molecule has 2 rings (SSSR count). The second-order valence-electron chi connectivity index (χ2n) is 3.36. The Bertz CT molecular complexity index is 222. The predicted molar refractivity (Wildman–Crippen MR) is 35.5 cm³/mol. The van der Waals surface area contributed by atoms with Crippen molar-refractivity contribution in [3.63, 3.8) is 0 Å². The third kappa shape index (κ3) is 0.735. The summed E-state index contributed by atoms with van der Waals surface area (Å²) in [5, 5.41) is 12.7. The number of carbonyl (C=O) groups is 1. The maximum absolute atomic E-state index is 10.4. The minimum atomic E-state index is -0.740. The fraction of sp³-hybridized carbons (Fsp3) is 0.833. The van der Waals surface area contributed by atoms with Crippen molar-refractivity contribution in [2.24, 2.45) is 16.6 Å². The summed E-state index contributed by atoms with van der Waals surface area (Å²) in [4.78, 5) is 20.3. The molecule has 1 heterocycles. The highest BCUT2D eigenvalue weighted by Gasteiger charge is 2.65. The average Bonchev–Trinajstić information content (AvgIpc) is 2.57. The minimum Gasteiger partial charge on any atom is -0.481 e. The Morgan fingerprint density at radius 2 is 2.27 bits per heavy atom. The Hall–Kier alpha value is -1.13. The van der Waals surface area contributed by atoms with Gasteiger partial charge >= 0.3 is 5.97 Å². The SMILES string of the molecule is O=NN1CC2(CC2C(=O)O)C1. The summed E-state index contributed by atoms with van der Waals surface area (Å²) in [6, 6.07) is 0. The van der Waals surface area contributed by atoms with Crippen LogP contribution in [-0.2, 0) is 4.79 Å². The molecule has 1 aliphatic heterocycles. The van der Waals surface area contributed by atoms with Crippen molar-refractivity contribution in [3.8, 4) is 0 Å². The first-order valence-electron chi connectivity index (χ1n) is 3.49. The molecule has 1 saturated carbocycles. The Labute approximate surface area is 62.9 Å². The standard InChI is InChI=1S/C6H8N2O3/c9-5(10)4-1-6(4)2-8(3-6)7-11/h4H,1-3H2,(H,9,10). The van der Waals surface area contributed by atoms with Crippen molar-refractivity contribution < 1.29 is 9.90 Å². The van der Waals surface area contributed by atoms with E-state index in [1.54, 1.807) is 0 Å². The lowest BCUT2D eigenvalue weighted by atomic mass is 9.96. The average molecular weight is 156 g/mol. The molecule has 1 spiro atoms. The number of carboxylic acids is 1. The summed E-state index contributed by atoms with van der Waals surface area (Å²) < 4.78 is 0. The number of aliphatic carboxylic acids is 1. The summed E-state index contributed by atoms with van der Waals surface area (Å²) >= 11 is 0. The van der Waals surface area contributed by atoms with E-state index in [1.165, 1.54) is 5.01 Å². The van der Waals surface area contributed by atoms with Crippen molar-refractivity contribution >= 4 is 5.97 Å². The van der Waals surface area contributed by atoms with Crippen LogP contribution < -0.4 is 0 Å². The first-order valence-corrected chi connectivity index (χ1v) is 3.49. The molecule has 0 aromatic rings. The van der Waals surface area contributed by atoms with Crippen LogP contribution in [0.3, 0.4) is 0 Å². The molecule has 60 valence electrons. The van der Waals surface area contributed by atoms with Gasteiger partial charge in [-0.25, -0.2) is 0 Å². The van der Waals surface area contributed by atoms with Crippen molar-refractivity contribution in [1.82, 2.24) is 5.01 Å². The van der Waals surface area contributed by atoms with Crippen LogP contribution in [0.5, 0.6) is 0 Å². The molecule has 0 bridgehead atoms. The number of rotatable bonds is 2. The summed E-state index contributed by atoms with van der Waals surface area (Å²) in [6.45, 7) is 1.07. The number of hydrogen-bond acceptors (Lipinski definition) is 3. The van der Waals surface area contributed by atoms with Crippen molar-refractivity contribution in [3.05, 3.63) is 4.91 Å². The maximum Gasteiger partial charge on any atom is 0.307 e. The van der Waals surface area contributed by atoms with Gasteiger partial charge in [-0.15, -0.1) is 4.91 Å². The fourth-order valence-electron chi connectivity index (χ4n) is 1.78. The quantitative estimate of drug-likeness (QED) is 0.574. The summed E-state index contributed by atoms with van der Waals surface area (Å²) in [5.41, 5.74) is -0.0836. The highest BCUT2D eigenvalue weighted by atomic mass is 16.4. The van der Waals surface area contributed by atoms with E-state index in [-0.39, 0.29) is 11.3 Å². The Morgan fingerprint density at radius 1 is 1.64 bits per heavy atom. The Morgan fingerprint density at radius 3 is 2.64 bits per heavy atom. The lowest BCUT2D eigenvalue weighted by Gasteiger charge is -2.35. The molecular weight excluding hydrogens is 148 g/mol. The van der Waals surface area contributed by atoms with E-state index in [0.717, 1.165) is 0 Å². The molecule has 1 atom stereocenters. The van der Waals surface area contributed by atoms with E-state index in [9.17, 15) is 9.70 Å². The van der Waals surface area contributed by atoms with Gasteiger partial charge in [0.1, 0.15) is 0 Å². The van der Waals surface area contributed by atoms with E-state index in [4.69, 9.17) is 5.11 Å². The van der Waals surface area contributed by atoms with E-state index < -0.39 is 5.97 Å². The number of hydrogen-bond donors (Lipinski definition) is 1.